The van der Waals surface area contributed by atoms with Crippen LogP contribution in [-0.4, -0.2) is 25.0 Å². The van der Waals surface area contributed by atoms with Gasteiger partial charge >= 0.3 is 0 Å². The van der Waals surface area contributed by atoms with Crippen molar-refractivity contribution in [3.05, 3.63) is 18.5 Å². The molecule has 0 saturated heterocycles. The number of rotatable bonds is 4. The first-order valence-corrected chi connectivity index (χ1v) is 5.76. The molecule has 0 saturated carbocycles. The van der Waals surface area contributed by atoms with Crippen LogP contribution < -0.4 is 10.6 Å². The Balaban J connectivity index is 2.61. The number of thiocarbonyl (C=S) groups is 2. The smallest absolute Gasteiger partial charge is 0.139 e. The molecule has 1 aromatic heterocycles. The molecular weight excluding hydrogens is 268 g/mol. The maximum absolute atomic E-state index is 4.86. The second-order valence-corrected chi connectivity index (χ2v) is 4.95. The summed E-state index contributed by atoms with van der Waals surface area (Å²) in [7, 11) is 0. The van der Waals surface area contributed by atoms with Crippen LogP contribution in [-0.2, 0) is 0 Å². The van der Waals surface area contributed by atoms with Crippen molar-refractivity contribution in [2.45, 2.75) is 6.17 Å². The van der Waals surface area contributed by atoms with E-state index < -0.39 is 0 Å². The minimum Gasteiger partial charge on any atom is -0.367 e. The molecule has 0 spiro atoms. The molecule has 0 amide bonds. The van der Waals surface area contributed by atoms with Crippen LogP contribution in [0.25, 0.3) is 0 Å². The lowest BCUT2D eigenvalue weighted by Gasteiger charge is -2.19. The Bertz CT molecular complexity index is 337. The fourth-order valence-corrected chi connectivity index (χ4v) is 1.46. The van der Waals surface area contributed by atoms with E-state index in [1.54, 1.807) is 10.9 Å². The predicted octanol–water partition coefficient (Wildman–Crippen LogP) is 0.990. The third kappa shape index (κ3) is 4.83. The van der Waals surface area contributed by atoms with Crippen molar-refractivity contribution in [2.24, 2.45) is 0 Å². The highest BCUT2D eigenvalue weighted by molar-refractivity contribution is 8.11. The van der Waals surface area contributed by atoms with E-state index in [2.05, 4.69) is 41.0 Å². The maximum Gasteiger partial charge on any atom is 0.139 e. The van der Waals surface area contributed by atoms with Gasteiger partial charge in [0.05, 0.1) is 6.54 Å². The largest absolute Gasteiger partial charge is 0.367 e. The van der Waals surface area contributed by atoms with Gasteiger partial charge in [-0.05, 0) is 6.07 Å². The van der Waals surface area contributed by atoms with E-state index in [0.29, 0.717) is 15.2 Å². The summed E-state index contributed by atoms with van der Waals surface area (Å²) in [5.41, 5.74) is 0. The molecule has 0 bridgehead atoms. The van der Waals surface area contributed by atoms with Gasteiger partial charge in [-0.3, -0.25) is 0 Å². The van der Waals surface area contributed by atoms with E-state index in [9.17, 15) is 0 Å². The standard InChI is InChI=1S/C7H10N4S4/c12-6(13)8-4-5(10-7(14)15)11-3-1-2-9-11/h1-3,5H,4H2,(H2,8,12,13)(H2,10,14,15). The lowest BCUT2D eigenvalue weighted by atomic mass is 10.5. The molecule has 2 N–H and O–H groups in total. The van der Waals surface area contributed by atoms with Crippen LogP contribution in [0.2, 0.25) is 0 Å². The molecule has 0 aliphatic rings. The Morgan fingerprint density at radius 3 is 2.60 bits per heavy atom. The summed E-state index contributed by atoms with van der Waals surface area (Å²) in [6, 6.07) is 1.83. The lowest BCUT2D eigenvalue weighted by molar-refractivity contribution is 0.427. The van der Waals surface area contributed by atoms with Crippen molar-refractivity contribution in [2.75, 3.05) is 6.54 Å². The Morgan fingerprint density at radius 1 is 1.40 bits per heavy atom. The normalized spacial score (nSPS) is 11.9. The summed E-state index contributed by atoms with van der Waals surface area (Å²) in [4.78, 5) is 0. The summed E-state index contributed by atoms with van der Waals surface area (Å²) >= 11 is 17.6. The van der Waals surface area contributed by atoms with E-state index in [4.69, 9.17) is 24.4 Å². The van der Waals surface area contributed by atoms with Crippen molar-refractivity contribution >= 4 is 58.3 Å². The van der Waals surface area contributed by atoms with Gasteiger partial charge in [0, 0.05) is 12.4 Å². The Hall–Kier alpha value is -0.310. The average molecular weight is 278 g/mol. The molecular formula is C7H10N4S4. The van der Waals surface area contributed by atoms with Crippen LogP contribution in [0.4, 0.5) is 0 Å². The van der Waals surface area contributed by atoms with Gasteiger partial charge in [0.15, 0.2) is 0 Å². The van der Waals surface area contributed by atoms with E-state index in [1.165, 1.54) is 0 Å². The highest BCUT2D eigenvalue weighted by atomic mass is 32.1. The second kappa shape index (κ2) is 6.31. The van der Waals surface area contributed by atoms with Gasteiger partial charge in [-0.15, -0.1) is 25.3 Å². The Labute approximate surface area is 110 Å². The molecule has 0 radical (unpaired) electrons. The van der Waals surface area contributed by atoms with Crippen molar-refractivity contribution in [1.29, 1.82) is 0 Å². The third-order valence-electron chi connectivity index (χ3n) is 1.58. The Kier molecular flexibility index (Phi) is 5.37. The molecule has 15 heavy (non-hydrogen) atoms. The first-order chi connectivity index (χ1) is 7.09. The van der Waals surface area contributed by atoms with Crippen molar-refractivity contribution < 1.29 is 0 Å². The number of nitrogens with zero attached hydrogens (tertiary/aromatic N) is 2. The minimum atomic E-state index is -0.130. The van der Waals surface area contributed by atoms with E-state index >= 15 is 0 Å². The summed E-state index contributed by atoms with van der Waals surface area (Å²) in [5.74, 6) is 0. The van der Waals surface area contributed by atoms with Crippen molar-refractivity contribution in [3.8, 4) is 0 Å². The first kappa shape index (κ1) is 12.8. The SMILES string of the molecule is S=C(S)NCC(NC(=S)S)n1cccn1. The van der Waals surface area contributed by atoms with Gasteiger partial charge in [-0.1, -0.05) is 24.4 Å². The van der Waals surface area contributed by atoms with Crippen LogP contribution >= 0.6 is 49.7 Å². The van der Waals surface area contributed by atoms with Gasteiger partial charge in [0.2, 0.25) is 0 Å². The molecule has 1 aromatic rings. The first-order valence-electron chi connectivity index (χ1n) is 4.05. The van der Waals surface area contributed by atoms with Crippen LogP contribution in [0.3, 0.4) is 0 Å². The third-order valence-corrected chi connectivity index (χ3v) is 2.13. The average Bonchev–Trinajstić information content (AvgIpc) is 2.63. The fraction of sp³-hybridized carbons (Fsp3) is 0.286. The molecule has 0 fully saturated rings. The zero-order chi connectivity index (χ0) is 11.3. The molecule has 1 atom stereocenters. The summed E-state index contributed by atoms with van der Waals surface area (Å²) in [6.45, 7) is 0.532. The lowest BCUT2D eigenvalue weighted by Crippen LogP contribution is -2.37. The highest BCUT2D eigenvalue weighted by Crippen LogP contribution is 2.01. The molecule has 1 unspecified atom stereocenters. The van der Waals surface area contributed by atoms with E-state index in [0.717, 1.165) is 0 Å². The van der Waals surface area contributed by atoms with Crippen LogP contribution in [0.1, 0.15) is 6.17 Å². The second-order valence-electron chi connectivity index (χ2n) is 2.64. The van der Waals surface area contributed by atoms with Crippen LogP contribution in [0, 0.1) is 0 Å². The van der Waals surface area contributed by atoms with Gasteiger partial charge in [-0.25, -0.2) is 4.68 Å². The fourth-order valence-electron chi connectivity index (χ4n) is 1.00. The number of thiol groups is 2. The Morgan fingerprint density at radius 2 is 2.13 bits per heavy atom. The highest BCUT2D eigenvalue weighted by Gasteiger charge is 2.10. The van der Waals surface area contributed by atoms with Gasteiger partial charge in [-0.2, -0.15) is 5.10 Å². The predicted molar refractivity (Wildman–Crippen MR) is 75.6 cm³/mol. The quantitative estimate of drug-likeness (QED) is 0.489. The zero-order valence-corrected chi connectivity index (χ0v) is 11.0. The molecule has 1 rings (SSSR count). The molecule has 0 aliphatic heterocycles. The summed E-state index contributed by atoms with van der Waals surface area (Å²) in [6.07, 6.45) is 3.39. The maximum atomic E-state index is 4.86. The van der Waals surface area contributed by atoms with Crippen molar-refractivity contribution in [3.63, 3.8) is 0 Å². The van der Waals surface area contributed by atoms with Gasteiger partial charge in [0.1, 0.15) is 14.8 Å². The molecule has 0 aromatic carbocycles. The molecule has 4 nitrogen and oxygen atoms in total. The number of aromatic nitrogens is 2. The number of hydrogen-bond donors (Lipinski definition) is 4. The minimum absolute atomic E-state index is 0.130. The van der Waals surface area contributed by atoms with Gasteiger partial charge in [0.25, 0.3) is 0 Å². The number of nitrogens with one attached hydrogen (secondary N) is 2. The van der Waals surface area contributed by atoms with E-state index in [1.807, 2.05) is 12.3 Å². The molecule has 82 valence electrons. The summed E-state index contributed by atoms with van der Waals surface area (Å²) in [5, 5.41) is 10.00. The monoisotopic (exact) mass is 278 g/mol. The summed E-state index contributed by atoms with van der Waals surface area (Å²) < 4.78 is 2.56. The molecule has 0 aliphatic carbocycles. The van der Waals surface area contributed by atoms with Gasteiger partial charge < -0.3 is 10.6 Å². The topological polar surface area (TPSA) is 41.9 Å². The van der Waals surface area contributed by atoms with Crippen LogP contribution in [0.15, 0.2) is 18.5 Å². The van der Waals surface area contributed by atoms with Crippen LogP contribution in [0.5, 0.6) is 0 Å². The van der Waals surface area contributed by atoms with Crippen molar-refractivity contribution in [1.82, 2.24) is 20.4 Å². The number of hydrogen-bond acceptors (Lipinski definition) is 3. The molecule has 1 heterocycles. The molecule has 8 heteroatoms. The zero-order valence-electron chi connectivity index (χ0n) is 7.62. The van der Waals surface area contributed by atoms with E-state index in [-0.39, 0.29) is 6.17 Å².